The number of ether oxygens (including phenoxy) is 2. The first-order valence-corrected chi connectivity index (χ1v) is 11.8. The van der Waals surface area contributed by atoms with Gasteiger partial charge in [-0.2, -0.15) is 11.8 Å². The number of nitrogens with one attached hydrogen (secondary N) is 1. The molecule has 0 aliphatic heterocycles. The lowest BCUT2D eigenvalue weighted by atomic mass is 10.1. The van der Waals surface area contributed by atoms with Gasteiger partial charge >= 0.3 is 0 Å². The number of carboxylic acid groups (broad SMARTS) is 1. The number of benzene rings is 1. The maximum absolute atomic E-state index is 12.1. The molecule has 31 heavy (non-hydrogen) atoms. The van der Waals surface area contributed by atoms with E-state index in [1.165, 1.54) is 24.6 Å². The zero-order chi connectivity index (χ0) is 22.5. The fourth-order valence-electron chi connectivity index (χ4n) is 3.24. The molecule has 1 aromatic carbocycles. The summed E-state index contributed by atoms with van der Waals surface area (Å²) in [5.41, 5.74) is 0.379. The summed E-state index contributed by atoms with van der Waals surface area (Å²) in [7, 11) is 0. The molecular formula is C22H32NO7S-. The molecule has 0 bridgehead atoms. The van der Waals surface area contributed by atoms with Gasteiger partial charge in [-0.15, -0.1) is 0 Å². The van der Waals surface area contributed by atoms with Crippen LogP contribution in [0, 0.1) is 0 Å². The van der Waals surface area contributed by atoms with Crippen LogP contribution in [0.2, 0.25) is 0 Å². The molecule has 0 radical (unpaired) electrons. The molecule has 9 heteroatoms. The lowest BCUT2D eigenvalue weighted by molar-refractivity contribution is -0.308. The second-order valence-corrected chi connectivity index (χ2v) is 8.81. The van der Waals surface area contributed by atoms with E-state index in [1.54, 1.807) is 30.3 Å². The number of carbonyl (C=O) groups is 2. The summed E-state index contributed by atoms with van der Waals surface area (Å²) in [5.74, 6) is -1.05. The van der Waals surface area contributed by atoms with Gasteiger partial charge in [-0.25, -0.2) is 0 Å². The summed E-state index contributed by atoms with van der Waals surface area (Å²) in [6, 6.07) is 7.26. The highest BCUT2D eigenvalue weighted by Gasteiger charge is 2.18. The van der Waals surface area contributed by atoms with Gasteiger partial charge in [0.1, 0.15) is 6.10 Å². The van der Waals surface area contributed by atoms with Crippen LogP contribution in [0.5, 0.6) is 0 Å². The fourth-order valence-corrected chi connectivity index (χ4v) is 4.18. The van der Waals surface area contributed by atoms with Crippen LogP contribution in [-0.2, 0) is 14.3 Å². The Morgan fingerprint density at radius 3 is 2.45 bits per heavy atom. The van der Waals surface area contributed by atoms with Gasteiger partial charge in [-0.1, -0.05) is 31.0 Å². The van der Waals surface area contributed by atoms with Gasteiger partial charge in [-0.05, 0) is 37.1 Å². The normalized spacial score (nSPS) is 17.2. The van der Waals surface area contributed by atoms with Gasteiger partial charge in [0.15, 0.2) is 0 Å². The van der Waals surface area contributed by atoms with Crippen molar-refractivity contribution in [2.24, 2.45) is 0 Å². The Labute approximate surface area is 187 Å². The Bertz CT molecular complexity index is 655. The van der Waals surface area contributed by atoms with Gasteiger partial charge in [0.25, 0.3) is 5.91 Å². The van der Waals surface area contributed by atoms with Crippen LogP contribution in [0.4, 0.5) is 0 Å². The summed E-state index contributed by atoms with van der Waals surface area (Å²) < 4.78 is 11.0. The molecule has 1 amide bonds. The Morgan fingerprint density at radius 1 is 1.10 bits per heavy atom. The second-order valence-electron chi connectivity index (χ2n) is 7.66. The molecule has 1 saturated carbocycles. The number of carboxylic acids is 1. The van der Waals surface area contributed by atoms with E-state index in [1.807, 2.05) is 0 Å². The standard InChI is InChI=1S/C22H33NO7S/c24-17(14-30-19-8-4-5-9-19)12-29-13-18(25)15-31-11-10-20(22(27)28)23-21(26)16-6-2-1-3-7-16/h1-3,6-7,17-20,24-25H,4-5,8-15H2,(H,23,26)(H,27,28)/p-1. The topological polar surface area (TPSA) is 128 Å². The Morgan fingerprint density at radius 2 is 1.77 bits per heavy atom. The van der Waals surface area contributed by atoms with E-state index in [0.717, 1.165) is 12.8 Å². The van der Waals surface area contributed by atoms with E-state index in [-0.39, 0.29) is 32.3 Å². The predicted molar refractivity (Wildman–Crippen MR) is 116 cm³/mol. The summed E-state index contributed by atoms with van der Waals surface area (Å²) in [4.78, 5) is 23.4. The van der Waals surface area contributed by atoms with Crippen LogP contribution in [-0.4, -0.2) is 77.8 Å². The minimum absolute atomic E-state index is 0.0716. The maximum Gasteiger partial charge on any atom is 0.251 e. The summed E-state index contributed by atoms with van der Waals surface area (Å²) >= 11 is 1.36. The number of thioether (sulfide) groups is 1. The van der Waals surface area contributed by atoms with Crippen molar-refractivity contribution >= 4 is 23.6 Å². The summed E-state index contributed by atoms with van der Waals surface area (Å²) in [5, 5.41) is 33.6. The smallest absolute Gasteiger partial charge is 0.251 e. The average molecular weight is 455 g/mol. The van der Waals surface area contributed by atoms with E-state index in [2.05, 4.69) is 5.32 Å². The second kappa shape index (κ2) is 14.4. The number of amides is 1. The minimum atomic E-state index is -1.34. The van der Waals surface area contributed by atoms with Crippen molar-refractivity contribution in [1.82, 2.24) is 5.32 Å². The number of aliphatic hydroxyl groups excluding tert-OH is 2. The first-order valence-electron chi connectivity index (χ1n) is 10.7. The Kier molecular flexibility index (Phi) is 11.9. The van der Waals surface area contributed by atoms with Gasteiger partial charge in [-0.3, -0.25) is 4.79 Å². The number of aliphatic carboxylic acids is 1. The molecular weight excluding hydrogens is 422 g/mol. The summed E-state index contributed by atoms with van der Waals surface area (Å²) in [6.45, 7) is 0.393. The maximum atomic E-state index is 12.1. The highest BCUT2D eigenvalue weighted by molar-refractivity contribution is 7.99. The third kappa shape index (κ3) is 10.5. The van der Waals surface area contributed by atoms with E-state index in [4.69, 9.17) is 9.47 Å². The molecule has 0 spiro atoms. The lowest BCUT2D eigenvalue weighted by Crippen LogP contribution is -2.48. The van der Waals surface area contributed by atoms with Gasteiger partial charge in [0.05, 0.1) is 44.0 Å². The number of aliphatic hydroxyl groups is 2. The molecule has 3 atom stereocenters. The van der Waals surface area contributed by atoms with Crippen molar-refractivity contribution in [3.8, 4) is 0 Å². The SMILES string of the molecule is O=C(NC(CCSCC(O)COCC(O)COC1CCCC1)C(=O)[O-])c1ccccc1. The average Bonchev–Trinajstić information content (AvgIpc) is 3.28. The quantitative estimate of drug-likeness (QED) is 0.324. The summed E-state index contributed by atoms with van der Waals surface area (Å²) in [6.07, 6.45) is 3.37. The third-order valence-corrected chi connectivity index (χ3v) is 6.08. The van der Waals surface area contributed by atoms with Crippen LogP contribution in [0.1, 0.15) is 42.5 Å². The molecule has 8 nitrogen and oxygen atoms in total. The van der Waals surface area contributed by atoms with E-state index in [0.29, 0.717) is 17.1 Å². The van der Waals surface area contributed by atoms with Gasteiger partial charge in [0.2, 0.25) is 0 Å². The number of hydrogen-bond donors (Lipinski definition) is 3. The third-order valence-electron chi connectivity index (χ3n) is 4.93. The largest absolute Gasteiger partial charge is 0.548 e. The molecule has 0 heterocycles. The highest BCUT2D eigenvalue weighted by atomic mass is 32.2. The fraction of sp³-hybridized carbons (Fsp3) is 0.636. The Balaban J connectivity index is 1.55. The van der Waals surface area contributed by atoms with Crippen molar-refractivity contribution in [3.05, 3.63) is 35.9 Å². The molecule has 174 valence electrons. The zero-order valence-corrected chi connectivity index (χ0v) is 18.4. The van der Waals surface area contributed by atoms with Crippen LogP contribution in [0.25, 0.3) is 0 Å². The van der Waals surface area contributed by atoms with Gasteiger partial charge < -0.3 is 34.9 Å². The molecule has 3 N–H and O–H groups in total. The van der Waals surface area contributed by atoms with Crippen molar-refractivity contribution in [2.45, 2.75) is 56.5 Å². The zero-order valence-electron chi connectivity index (χ0n) is 17.6. The van der Waals surface area contributed by atoms with Crippen molar-refractivity contribution in [1.29, 1.82) is 0 Å². The van der Waals surface area contributed by atoms with Crippen LogP contribution in [0.15, 0.2) is 30.3 Å². The van der Waals surface area contributed by atoms with E-state index in [9.17, 15) is 24.9 Å². The molecule has 1 aliphatic carbocycles. The van der Waals surface area contributed by atoms with Crippen molar-refractivity contribution in [3.63, 3.8) is 0 Å². The van der Waals surface area contributed by atoms with E-state index < -0.39 is 30.1 Å². The minimum Gasteiger partial charge on any atom is -0.548 e. The number of rotatable bonds is 15. The first kappa shape index (κ1) is 25.6. The monoisotopic (exact) mass is 454 g/mol. The predicted octanol–water partition coefficient (Wildman–Crippen LogP) is 0.356. The van der Waals surface area contributed by atoms with E-state index >= 15 is 0 Å². The molecule has 3 unspecified atom stereocenters. The lowest BCUT2D eigenvalue weighted by Gasteiger charge is -2.20. The van der Waals surface area contributed by atoms with Crippen LogP contribution in [0.3, 0.4) is 0 Å². The molecule has 1 fully saturated rings. The first-order chi connectivity index (χ1) is 15.0. The number of carbonyl (C=O) groups excluding carboxylic acids is 2. The molecule has 1 aromatic rings. The molecule has 0 aromatic heterocycles. The molecule has 2 rings (SSSR count). The van der Waals surface area contributed by atoms with Crippen LogP contribution >= 0.6 is 11.8 Å². The number of hydrogen-bond acceptors (Lipinski definition) is 8. The van der Waals surface area contributed by atoms with Crippen LogP contribution < -0.4 is 10.4 Å². The van der Waals surface area contributed by atoms with Crippen molar-refractivity contribution in [2.75, 3.05) is 31.3 Å². The molecule has 1 aliphatic rings. The van der Waals surface area contributed by atoms with Crippen molar-refractivity contribution < 1.29 is 34.4 Å². The Hall–Kier alpha value is -1.65. The highest BCUT2D eigenvalue weighted by Crippen LogP contribution is 2.20. The van der Waals surface area contributed by atoms with Gasteiger partial charge in [0, 0.05) is 11.3 Å². The molecule has 0 saturated heterocycles.